The van der Waals surface area contributed by atoms with Crippen LogP contribution in [0.4, 0.5) is 20.3 Å². The first-order chi connectivity index (χ1) is 14.8. The Labute approximate surface area is 180 Å². The smallest absolute Gasteiger partial charge is 0.259 e. The average Bonchev–Trinajstić information content (AvgIpc) is 3.05. The fourth-order valence-corrected chi connectivity index (χ4v) is 4.45. The number of piperazine rings is 1. The van der Waals surface area contributed by atoms with E-state index in [1.165, 1.54) is 9.80 Å². The minimum Gasteiger partial charge on any atom is -0.353 e. The van der Waals surface area contributed by atoms with Gasteiger partial charge in [0, 0.05) is 50.5 Å². The quantitative estimate of drug-likeness (QED) is 0.752. The predicted molar refractivity (Wildman–Crippen MR) is 114 cm³/mol. The van der Waals surface area contributed by atoms with Crippen molar-refractivity contribution in [1.29, 1.82) is 0 Å². The van der Waals surface area contributed by atoms with Gasteiger partial charge in [-0.3, -0.25) is 9.59 Å². The Hall–Kier alpha value is -3.03. The number of anilines is 2. The molecule has 2 aliphatic rings. The number of benzene rings is 1. The first-order valence-corrected chi connectivity index (χ1v) is 10.5. The van der Waals surface area contributed by atoms with E-state index in [0.29, 0.717) is 39.0 Å². The van der Waals surface area contributed by atoms with Crippen LogP contribution in [0.15, 0.2) is 24.4 Å². The van der Waals surface area contributed by atoms with Gasteiger partial charge >= 0.3 is 0 Å². The Balaban J connectivity index is 1.49. The summed E-state index contributed by atoms with van der Waals surface area (Å²) in [7, 11) is 0. The molecule has 3 heterocycles. The van der Waals surface area contributed by atoms with E-state index in [1.807, 2.05) is 20.8 Å². The fraction of sp³-hybridized carbons (Fsp3) is 0.435. The Morgan fingerprint density at radius 1 is 1.06 bits per heavy atom. The van der Waals surface area contributed by atoms with E-state index >= 15 is 0 Å². The number of pyridine rings is 1. The summed E-state index contributed by atoms with van der Waals surface area (Å²) in [4.78, 5) is 34.4. The lowest BCUT2D eigenvalue weighted by Gasteiger charge is -2.36. The zero-order valence-electron chi connectivity index (χ0n) is 18.0. The molecule has 2 amide bonds. The molecule has 0 spiro atoms. The van der Waals surface area contributed by atoms with Crippen LogP contribution in [0.25, 0.3) is 0 Å². The molecular formula is C23H26F2N4O2. The summed E-state index contributed by atoms with van der Waals surface area (Å²) in [6.45, 7) is 7.56. The van der Waals surface area contributed by atoms with Crippen LogP contribution in [0, 0.1) is 25.5 Å². The van der Waals surface area contributed by atoms with Gasteiger partial charge < -0.3 is 14.7 Å². The van der Waals surface area contributed by atoms with Crippen LogP contribution in [-0.4, -0.2) is 53.9 Å². The summed E-state index contributed by atoms with van der Waals surface area (Å²) < 4.78 is 29.6. The Morgan fingerprint density at radius 2 is 1.71 bits per heavy atom. The molecule has 31 heavy (non-hydrogen) atoms. The normalized spacial score (nSPS) is 19.3. The van der Waals surface area contributed by atoms with Crippen LogP contribution in [0.3, 0.4) is 0 Å². The number of aryl methyl sites for hydroxylation is 2. The Morgan fingerprint density at radius 3 is 2.26 bits per heavy atom. The lowest BCUT2D eigenvalue weighted by atomic mass is 10.1. The van der Waals surface area contributed by atoms with Crippen molar-refractivity contribution in [1.82, 2.24) is 9.88 Å². The molecule has 0 radical (unpaired) electrons. The molecule has 0 aliphatic carbocycles. The van der Waals surface area contributed by atoms with Crippen LogP contribution < -0.4 is 9.80 Å². The third-order valence-corrected chi connectivity index (χ3v) is 6.06. The number of amides is 2. The SMILES string of the molecule is Cc1cnc(N2CCN(C(=O)c3c(F)cc(N4C(=O)CCC4C)cc3F)CC2)c(C)c1. The van der Waals surface area contributed by atoms with Crippen molar-refractivity contribution in [3.05, 3.63) is 52.7 Å². The highest BCUT2D eigenvalue weighted by atomic mass is 19.1. The topological polar surface area (TPSA) is 56.8 Å². The zero-order valence-corrected chi connectivity index (χ0v) is 18.0. The zero-order chi connectivity index (χ0) is 22.3. The van der Waals surface area contributed by atoms with E-state index < -0.39 is 23.1 Å². The van der Waals surface area contributed by atoms with E-state index in [2.05, 4.69) is 16.0 Å². The number of carbonyl (C=O) groups is 2. The molecule has 0 N–H and O–H groups in total. The summed E-state index contributed by atoms with van der Waals surface area (Å²) in [6, 6.07) is 4.11. The van der Waals surface area contributed by atoms with Gasteiger partial charge in [0.1, 0.15) is 23.0 Å². The maximum Gasteiger partial charge on any atom is 0.259 e. The predicted octanol–water partition coefficient (Wildman–Crippen LogP) is 3.45. The number of aromatic nitrogens is 1. The van der Waals surface area contributed by atoms with E-state index in [4.69, 9.17) is 0 Å². The lowest BCUT2D eigenvalue weighted by Crippen LogP contribution is -2.49. The molecule has 1 aromatic carbocycles. The highest BCUT2D eigenvalue weighted by Crippen LogP contribution is 2.30. The first kappa shape index (κ1) is 21.2. The van der Waals surface area contributed by atoms with Crippen molar-refractivity contribution in [2.24, 2.45) is 0 Å². The summed E-state index contributed by atoms with van der Waals surface area (Å²) >= 11 is 0. The van der Waals surface area contributed by atoms with Crippen molar-refractivity contribution >= 4 is 23.3 Å². The number of nitrogens with zero attached hydrogens (tertiary/aromatic N) is 4. The molecular weight excluding hydrogens is 402 g/mol. The van der Waals surface area contributed by atoms with Crippen LogP contribution in [0.5, 0.6) is 0 Å². The maximum absolute atomic E-state index is 14.8. The van der Waals surface area contributed by atoms with Gasteiger partial charge in [0.25, 0.3) is 5.91 Å². The second kappa shape index (κ2) is 8.24. The van der Waals surface area contributed by atoms with E-state index in [0.717, 1.165) is 29.1 Å². The summed E-state index contributed by atoms with van der Waals surface area (Å²) in [6.07, 6.45) is 2.80. The fourth-order valence-electron chi connectivity index (χ4n) is 4.45. The molecule has 0 bridgehead atoms. The number of hydrogen-bond acceptors (Lipinski definition) is 4. The second-order valence-corrected chi connectivity index (χ2v) is 8.37. The largest absolute Gasteiger partial charge is 0.353 e. The van der Waals surface area contributed by atoms with Gasteiger partial charge in [0.15, 0.2) is 0 Å². The van der Waals surface area contributed by atoms with Crippen LogP contribution in [0.2, 0.25) is 0 Å². The molecule has 2 aromatic rings. The van der Waals surface area contributed by atoms with Gasteiger partial charge in [-0.2, -0.15) is 0 Å². The van der Waals surface area contributed by atoms with Gasteiger partial charge in [0.2, 0.25) is 5.91 Å². The minimum absolute atomic E-state index is 0.125. The van der Waals surface area contributed by atoms with Crippen LogP contribution in [0.1, 0.15) is 41.3 Å². The third kappa shape index (κ3) is 3.98. The van der Waals surface area contributed by atoms with Crippen LogP contribution in [-0.2, 0) is 4.79 Å². The monoisotopic (exact) mass is 428 g/mol. The lowest BCUT2D eigenvalue weighted by molar-refractivity contribution is -0.117. The molecule has 1 atom stereocenters. The van der Waals surface area contributed by atoms with Crippen molar-refractivity contribution < 1.29 is 18.4 Å². The molecule has 164 valence electrons. The number of carbonyl (C=O) groups excluding carboxylic acids is 2. The van der Waals surface area contributed by atoms with E-state index in [9.17, 15) is 18.4 Å². The number of halogens is 2. The highest BCUT2D eigenvalue weighted by molar-refractivity contribution is 5.98. The molecule has 2 saturated heterocycles. The second-order valence-electron chi connectivity index (χ2n) is 8.37. The maximum atomic E-state index is 14.8. The van der Waals surface area contributed by atoms with Crippen LogP contribution >= 0.6 is 0 Å². The molecule has 6 nitrogen and oxygen atoms in total. The third-order valence-electron chi connectivity index (χ3n) is 6.06. The standard InChI is InChI=1S/C23H26F2N4O2/c1-14-10-15(2)22(26-13-14)27-6-8-28(9-7-27)23(31)21-18(24)11-17(12-19(21)25)29-16(3)4-5-20(29)30/h10-13,16H,4-9H2,1-3H3. The molecule has 4 rings (SSSR count). The molecule has 2 aliphatic heterocycles. The number of rotatable bonds is 3. The van der Waals surface area contributed by atoms with Gasteiger partial charge in [-0.05, 0) is 50.5 Å². The van der Waals surface area contributed by atoms with Crippen molar-refractivity contribution in [3.8, 4) is 0 Å². The Kier molecular flexibility index (Phi) is 5.64. The van der Waals surface area contributed by atoms with Crippen molar-refractivity contribution in [2.45, 2.75) is 39.7 Å². The molecule has 2 fully saturated rings. The summed E-state index contributed by atoms with van der Waals surface area (Å²) in [5.41, 5.74) is 1.72. The summed E-state index contributed by atoms with van der Waals surface area (Å²) in [5.74, 6) is -1.85. The first-order valence-electron chi connectivity index (χ1n) is 10.5. The van der Waals surface area contributed by atoms with E-state index in [-0.39, 0.29) is 17.6 Å². The van der Waals surface area contributed by atoms with Gasteiger partial charge in [-0.25, -0.2) is 13.8 Å². The van der Waals surface area contributed by atoms with E-state index in [1.54, 1.807) is 6.20 Å². The molecule has 1 aromatic heterocycles. The minimum atomic E-state index is -0.939. The van der Waals surface area contributed by atoms with Crippen molar-refractivity contribution in [2.75, 3.05) is 36.0 Å². The summed E-state index contributed by atoms with van der Waals surface area (Å²) in [5, 5.41) is 0. The molecule has 1 unspecified atom stereocenters. The van der Waals surface area contributed by atoms with Crippen molar-refractivity contribution in [3.63, 3.8) is 0 Å². The number of hydrogen-bond donors (Lipinski definition) is 0. The van der Waals surface area contributed by atoms with Gasteiger partial charge in [0.05, 0.1) is 0 Å². The molecule has 0 saturated carbocycles. The van der Waals surface area contributed by atoms with Gasteiger partial charge in [-0.1, -0.05) is 6.07 Å². The average molecular weight is 428 g/mol. The Bertz CT molecular complexity index is 1010. The van der Waals surface area contributed by atoms with Gasteiger partial charge in [-0.15, -0.1) is 0 Å². The molecule has 8 heteroatoms. The highest BCUT2D eigenvalue weighted by Gasteiger charge is 2.32.